The van der Waals surface area contributed by atoms with Gasteiger partial charge >= 0.3 is 0 Å². The molecule has 0 atom stereocenters. The van der Waals surface area contributed by atoms with Gasteiger partial charge in [-0.3, -0.25) is 20.0 Å². The number of piperidine rings is 1. The highest BCUT2D eigenvalue weighted by Gasteiger charge is 2.19. The molecule has 6 aromatic rings. The van der Waals surface area contributed by atoms with Crippen molar-refractivity contribution in [1.29, 1.82) is 0 Å². The van der Waals surface area contributed by atoms with E-state index in [0.29, 0.717) is 33.8 Å². The Morgan fingerprint density at radius 1 is 0.868 bits per heavy atom. The second kappa shape index (κ2) is 9.42. The topological polar surface area (TPSA) is 99.3 Å². The molecule has 1 fully saturated rings. The number of nitrogens with one attached hydrogen (secondary N) is 2. The van der Waals surface area contributed by atoms with Crippen LogP contribution in [0.25, 0.3) is 56.1 Å². The summed E-state index contributed by atoms with van der Waals surface area (Å²) in [6.07, 6.45) is 9.27. The first-order valence-corrected chi connectivity index (χ1v) is 12.8. The number of fused-ring (bicyclic) bond motifs is 2. The third kappa shape index (κ3) is 4.10. The van der Waals surface area contributed by atoms with Crippen LogP contribution >= 0.6 is 0 Å². The van der Waals surface area contributed by atoms with E-state index in [2.05, 4.69) is 36.1 Å². The number of benzene rings is 1. The number of likely N-dealkylation sites (tertiary alicyclic amines) is 1. The molecule has 8 nitrogen and oxygen atoms in total. The van der Waals surface area contributed by atoms with Crippen LogP contribution in [0.15, 0.2) is 67.1 Å². The van der Waals surface area contributed by atoms with E-state index in [9.17, 15) is 4.39 Å². The Morgan fingerprint density at radius 3 is 2.63 bits per heavy atom. The smallest absolute Gasteiger partial charge is 0.161 e. The van der Waals surface area contributed by atoms with Gasteiger partial charge in [0.15, 0.2) is 11.5 Å². The first-order valence-electron chi connectivity index (χ1n) is 12.8. The molecule has 2 N–H and O–H groups in total. The summed E-state index contributed by atoms with van der Waals surface area (Å²) in [5.41, 5.74) is 7.26. The van der Waals surface area contributed by atoms with E-state index in [1.54, 1.807) is 24.4 Å². The Labute approximate surface area is 218 Å². The summed E-state index contributed by atoms with van der Waals surface area (Å²) in [4.78, 5) is 24.5. The van der Waals surface area contributed by atoms with E-state index in [0.717, 1.165) is 41.9 Å². The molecule has 188 valence electrons. The predicted octanol–water partition coefficient (Wildman–Crippen LogP) is 5.75. The predicted molar refractivity (Wildman–Crippen MR) is 145 cm³/mol. The van der Waals surface area contributed by atoms with Crippen LogP contribution in [-0.2, 0) is 6.54 Å². The lowest BCUT2D eigenvalue weighted by Gasteiger charge is -2.26. The van der Waals surface area contributed by atoms with E-state index in [1.807, 2.05) is 30.6 Å². The minimum atomic E-state index is -0.343. The van der Waals surface area contributed by atoms with Crippen molar-refractivity contribution in [3.63, 3.8) is 0 Å². The molecule has 1 aliphatic rings. The van der Waals surface area contributed by atoms with Crippen molar-refractivity contribution in [2.24, 2.45) is 0 Å². The Balaban J connectivity index is 1.26. The molecule has 1 saturated heterocycles. The molecule has 0 aliphatic carbocycles. The van der Waals surface area contributed by atoms with Gasteiger partial charge in [0.1, 0.15) is 22.5 Å². The molecule has 38 heavy (non-hydrogen) atoms. The monoisotopic (exact) mass is 504 g/mol. The molecular formula is C29H25FN8. The molecule has 0 spiro atoms. The van der Waals surface area contributed by atoms with Crippen LogP contribution in [0.2, 0.25) is 0 Å². The number of hydrogen-bond acceptors (Lipinski definition) is 6. The van der Waals surface area contributed by atoms with Crippen LogP contribution in [0.3, 0.4) is 0 Å². The zero-order chi connectivity index (χ0) is 25.5. The minimum absolute atomic E-state index is 0.343. The number of rotatable bonds is 5. The summed E-state index contributed by atoms with van der Waals surface area (Å²) in [6, 6.07) is 14.5. The first-order chi connectivity index (χ1) is 18.7. The fourth-order valence-corrected chi connectivity index (χ4v) is 5.21. The lowest BCUT2D eigenvalue weighted by molar-refractivity contribution is 0.220. The maximum Gasteiger partial charge on any atom is 0.161 e. The maximum absolute atomic E-state index is 14.5. The summed E-state index contributed by atoms with van der Waals surface area (Å²) >= 11 is 0. The SMILES string of the molecule is Fc1ccccc1-c1nccc2[nH]c(-c3n[nH]c4ccc(-c5cncc(CN6CCCCC6)c5)nc34)nc12. The van der Waals surface area contributed by atoms with Gasteiger partial charge in [-0.05, 0) is 67.9 Å². The van der Waals surface area contributed by atoms with E-state index in [4.69, 9.17) is 9.97 Å². The van der Waals surface area contributed by atoms with Crippen LogP contribution in [-0.4, -0.2) is 53.1 Å². The van der Waals surface area contributed by atoms with Gasteiger partial charge in [-0.15, -0.1) is 0 Å². The summed E-state index contributed by atoms with van der Waals surface area (Å²) in [5, 5.41) is 7.57. The molecule has 0 amide bonds. The summed E-state index contributed by atoms with van der Waals surface area (Å²) in [5.74, 6) is 0.197. The maximum atomic E-state index is 14.5. The van der Waals surface area contributed by atoms with Gasteiger partial charge in [0.2, 0.25) is 0 Å². The molecule has 0 bridgehead atoms. The highest BCUT2D eigenvalue weighted by Crippen LogP contribution is 2.31. The zero-order valence-corrected chi connectivity index (χ0v) is 20.7. The molecule has 0 radical (unpaired) electrons. The molecule has 9 heteroatoms. The van der Waals surface area contributed by atoms with E-state index >= 15 is 0 Å². The van der Waals surface area contributed by atoms with Gasteiger partial charge in [-0.1, -0.05) is 18.6 Å². The number of halogens is 1. The van der Waals surface area contributed by atoms with Crippen LogP contribution in [0.5, 0.6) is 0 Å². The first kappa shape index (κ1) is 22.7. The summed E-state index contributed by atoms with van der Waals surface area (Å²) in [6.45, 7) is 3.17. The molecule has 1 aliphatic heterocycles. The third-order valence-electron chi connectivity index (χ3n) is 7.11. The normalized spacial score (nSPS) is 14.4. The lowest BCUT2D eigenvalue weighted by Crippen LogP contribution is -2.29. The average Bonchev–Trinajstić information content (AvgIpc) is 3.58. The second-order valence-corrected chi connectivity index (χ2v) is 9.70. The van der Waals surface area contributed by atoms with Gasteiger partial charge in [0.05, 0.1) is 16.7 Å². The largest absolute Gasteiger partial charge is 0.336 e. The van der Waals surface area contributed by atoms with Gasteiger partial charge in [0, 0.05) is 36.3 Å². The number of imidazole rings is 1. The number of pyridine rings is 3. The fourth-order valence-electron chi connectivity index (χ4n) is 5.21. The third-order valence-corrected chi connectivity index (χ3v) is 7.11. The second-order valence-electron chi connectivity index (χ2n) is 9.70. The van der Waals surface area contributed by atoms with Gasteiger partial charge in [0.25, 0.3) is 0 Å². The molecule has 6 heterocycles. The zero-order valence-electron chi connectivity index (χ0n) is 20.7. The van der Waals surface area contributed by atoms with Crippen molar-refractivity contribution in [3.05, 3.63) is 78.5 Å². The molecule has 7 rings (SSSR count). The average molecular weight is 505 g/mol. The number of H-pyrrole nitrogens is 2. The minimum Gasteiger partial charge on any atom is -0.336 e. The van der Waals surface area contributed by atoms with Crippen molar-refractivity contribution in [1.82, 2.24) is 40.0 Å². The van der Waals surface area contributed by atoms with Gasteiger partial charge in [-0.25, -0.2) is 14.4 Å². The lowest BCUT2D eigenvalue weighted by atomic mass is 10.1. The highest BCUT2D eigenvalue weighted by molar-refractivity contribution is 5.95. The van der Waals surface area contributed by atoms with Crippen LogP contribution in [0.1, 0.15) is 24.8 Å². The number of nitrogens with zero attached hydrogens (tertiary/aromatic N) is 6. The van der Waals surface area contributed by atoms with Crippen molar-refractivity contribution in [2.75, 3.05) is 13.1 Å². The molecular weight excluding hydrogens is 479 g/mol. The molecule has 0 saturated carbocycles. The Kier molecular flexibility index (Phi) is 5.62. The Morgan fingerprint density at radius 2 is 1.74 bits per heavy atom. The van der Waals surface area contributed by atoms with E-state index in [-0.39, 0.29) is 5.82 Å². The molecule has 0 unspecified atom stereocenters. The number of hydrogen-bond donors (Lipinski definition) is 2. The number of aromatic amines is 2. The quantitative estimate of drug-likeness (QED) is 0.310. The van der Waals surface area contributed by atoms with Crippen LogP contribution in [0, 0.1) is 5.82 Å². The van der Waals surface area contributed by atoms with E-state index in [1.165, 1.54) is 30.9 Å². The summed E-state index contributed by atoms with van der Waals surface area (Å²) in [7, 11) is 0. The van der Waals surface area contributed by atoms with Crippen molar-refractivity contribution in [3.8, 4) is 34.0 Å². The van der Waals surface area contributed by atoms with E-state index < -0.39 is 0 Å². The van der Waals surface area contributed by atoms with Crippen molar-refractivity contribution >= 4 is 22.1 Å². The Hall–Kier alpha value is -4.50. The molecule has 5 aromatic heterocycles. The van der Waals surface area contributed by atoms with Crippen LogP contribution in [0.4, 0.5) is 4.39 Å². The number of aromatic nitrogens is 7. The van der Waals surface area contributed by atoms with Crippen molar-refractivity contribution in [2.45, 2.75) is 25.8 Å². The van der Waals surface area contributed by atoms with Gasteiger partial charge < -0.3 is 4.98 Å². The standard InChI is InChI=1S/C29H25FN8/c30-21-7-3-2-6-20(21)25-26-23(10-11-32-25)34-29(35-26)28-27-24(36-37-28)9-8-22(33-27)19-14-18(15-31-16-19)17-38-12-4-1-5-13-38/h2-3,6-11,14-16H,1,4-5,12-13,17H2,(H,34,35)(H,36,37). The van der Waals surface area contributed by atoms with Crippen LogP contribution < -0.4 is 0 Å². The fraction of sp³-hybridized carbons (Fsp3) is 0.207. The molecule has 1 aromatic carbocycles. The highest BCUT2D eigenvalue weighted by atomic mass is 19.1. The Bertz CT molecular complexity index is 1770. The van der Waals surface area contributed by atoms with Gasteiger partial charge in [-0.2, -0.15) is 5.10 Å². The van der Waals surface area contributed by atoms with Crippen molar-refractivity contribution < 1.29 is 4.39 Å². The summed E-state index contributed by atoms with van der Waals surface area (Å²) < 4.78 is 14.5.